The van der Waals surface area contributed by atoms with E-state index in [0.29, 0.717) is 0 Å². The lowest BCUT2D eigenvalue weighted by Gasteiger charge is -2.26. The lowest BCUT2D eigenvalue weighted by Crippen LogP contribution is -2.48. The molecule has 14 heavy (non-hydrogen) atoms. The number of ether oxygens (including phenoxy) is 1. The SMILES string of the molecule is CCCCC(NC(C)(C)C)C(=O)OC. The predicted octanol–water partition coefficient (Wildman–Crippen LogP) is 2.11. The highest BCUT2D eigenvalue weighted by Crippen LogP contribution is 2.08. The van der Waals surface area contributed by atoms with Gasteiger partial charge in [0.25, 0.3) is 0 Å². The molecule has 0 spiro atoms. The highest BCUT2D eigenvalue weighted by Gasteiger charge is 2.23. The van der Waals surface area contributed by atoms with Gasteiger partial charge in [0.15, 0.2) is 0 Å². The highest BCUT2D eigenvalue weighted by atomic mass is 16.5. The van der Waals surface area contributed by atoms with Crippen LogP contribution in [0.25, 0.3) is 0 Å². The molecule has 3 heteroatoms. The molecule has 0 aliphatic heterocycles. The van der Waals surface area contributed by atoms with Gasteiger partial charge >= 0.3 is 5.97 Å². The van der Waals surface area contributed by atoms with E-state index in [4.69, 9.17) is 4.74 Å². The van der Waals surface area contributed by atoms with Gasteiger partial charge < -0.3 is 4.74 Å². The maximum absolute atomic E-state index is 11.4. The number of esters is 1. The van der Waals surface area contributed by atoms with E-state index in [1.807, 2.05) is 0 Å². The van der Waals surface area contributed by atoms with E-state index in [2.05, 4.69) is 33.0 Å². The molecule has 1 N–H and O–H groups in total. The first-order valence-electron chi connectivity index (χ1n) is 5.26. The third-order valence-corrected chi connectivity index (χ3v) is 1.94. The van der Waals surface area contributed by atoms with Crippen molar-refractivity contribution in [2.24, 2.45) is 0 Å². The molecule has 1 unspecified atom stereocenters. The van der Waals surface area contributed by atoms with Crippen molar-refractivity contribution in [3.63, 3.8) is 0 Å². The van der Waals surface area contributed by atoms with Gasteiger partial charge in [0.05, 0.1) is 7.11 Å². The molecule has 84 valence electrons. The number of hydrogen-bond donors (Lipinski definition) is 1. The zero-order valence-corrected chi connectivity index (χ0v) is 10.0. The summed E-state index contributed by atoms with van der Waals surface area (Å²) in [6, 6.07) is -0.167. The van der Waals surface area contributed by atoms with Crippen LogP contribution in [0.15, 0.2) is 0 Å². The number of carbonyl (C=O) groups excluding carboxylic acids is 1. The van der Waals surface area contributed by atoms with Crippen molar-refractivity contribution in [2.45, 2.75) is 58.5 Å². The molecule has 0 aromatic heterocycles. The van der Waals surface area contributed by atoms with Crippen molar-refractivity contribution in [3.8, 4) is 0 Å². The molecule has 0 aromatic rings. The second-order valence-corrected chi connectivity index (χ2v) is 4.61. The summed E-state index contributed by atoms with van der Waals surface area (Å²) in [5.74, 6) is -0.159. The summed E-state index contributed by atoms with van der Waals surface area (Å²) in [6.45, 7) is 8.27. The van der Waals surface area contributed by atoms with Gasteiger partial charge in [0, 0.05) is 5.54 Å². The Morgan fingerprint density at radius 3 is 2.36 bits per heavy atom. The Bertz CT molecular complexity index is 173. The summed E-state index contributed by atoms with van der Waals surface area (Å²) < 4.78 is 4.75. The van der Waals surface area contributed by atoms with E-state index in [9.17, 15) is 4.79 Å². The van der Waals surface area contributed by atoms with Crippen molar-refractivity contribution >= 4 is 5.97 Å². The summed E-state index contributed by atoms with van der Waals surface area (Å²) in [6.07, 6.45) is 2.99. The Morgan fingerprint density at radius 1 is 1.43 bits per heavy atom. The standard InChI is InChI=1S/C11H23NO2/c1-6-7-8-9(10(13)14-5)12-11(2,3)4/h9,12H,6-8H2,1-5H3. The number of rotatable bonds is 5. The van der Waals surface area contributed by atoms with Crippen LogP contribution in [0.3, 0.4) is 0 Å². The van der Waals surface area contributed by atoms with Crippen LogP contribution in [0, 0.1) is 0 Å². The zero-order valence-electron chi connectivity index (χ0n) is 10.0. The van der Waals surface area contributed by atoms with E-state index in [1.54, 1.807) is 0 Å². The quantitative estimate of drug-likeness (QED) is 0.692. The number of unbranched alkanes of at least 4 members (excludes halogenated alkanes) is 1. The summed E-state index contributed by atoms with van der Waals surface area (Å²) in [5, 5.41) is 3.27. The second kappa shape index (κ2) is 6.02. The van der Waals surface area contributed by atoms with Crippen LogP contribution < -0.4 is 5.32 Å². The molecule has 0 fully saturated rings. The summed E-state index contributed by atoms with van der Waals surface area (Å²) in [7, 11) is 1.44. The summed E-state index contributed by atoms with van der Waals surface area (Å²) in [4.78, 5) is 11.4. The average molecular weight is 201 g/mol. The van der Waals surface area contributed by atoms with Crippen molar-refractivity contribution in [3.05, 3.63) is 0 Å². The van der Waals surface area contributed by atoms with Gasteiger partial charge in [-0.1, -0.05) is 19.8 Å². The van der Waals surface area contributed by atoms with Crippen molar-refractivity contribution in [2.75, 3.05) is 7.11 Å². The molecule has 0 radical (unpaired) electrons. The molecule has 0 heterocycles. The third kappa shape index (κ3) is 5.97. The van der Waals surface area contributed by atoms with E-state index < -0.39 is 0 Å². The maximum atomic E-state index is 11.4. The van der Waals surface area contributed by atoms with E-state index in [1.165, 1.54) is 7.11 Å². The molecule has 0 rings (SSSR count). The normalized spacial score (nSPS) is 13.8. The van der Waals surface area contributed by atoms with Crippen molar-refractivity contribution in [1.82, 2.24) is 5.32 Å². The minimum Gasteiger partial charge on any atom is -0.468 e. The van der Waals surface area contributed by atoms with E-state index >= 15 is 0 Å². The van der Waals surface area contributed by atoms with Crippen molar-refractivity contribution in [1.29, 1.82) is 0 Å². The maximum Gasteiger partial charge on any atom is 0.322 e. The first-order chi connectivity index (χ1) is 6.40. The molecule has 3 nitrogen and oxygen atoms in total. The molecule has 1 atom stereocenters. The number of hydrogen-bond acceptors (Lipinski definition) is 3. The smallest absolute Gasteiger partial charge is 0.322 e. The Balaban J connectivity index is 4.18. The van der Waals surface area contributed by atoms with Crippen LogP contribution in [0.5, 0.6) is 0 Å². The molecular weight excluding hydrogens is 178 g/mol. The Kier molecular flexibility index (Phi) is 5.77. The zero-order chi connectivity index (χ0) is 11.2. The monoisotopic (exact) mass is 201 g/mol. The molecule has 0 saturated carbocycles. The van der Waals surface area contributed by atoms with Crippen LogP contribution >= 0.6 is 0 Å². The van der Waals surface area contributed by atoms with Crippen LogP contribution in [-0.4, -0.2) is 24.7 Å². The fourth-order valence-electron chi connectivity index (χ4n) is 1.32. The molecule has 0 aliphatic carbocycles. The number of methoxy groups -OCH3 is 1. The molecule has 0 aliphatic rings. The van der Waals surface area contributed by atoms with Gasteiger partial charge in [-0.2, -0.15) is 0 Å². The lowest BCUT2D eigenvalue weighted by atomic mass is 10.0. The Hall–Kier alpha value is -0.570. The lowest BCUT2D eigenvalue weighted by molar-refractivity contribution is -0.143. The van der Waals surface area contributed by atoms with Gasteiger partial charge in [-0.25, -0.2) is 0 Å². The van der Waals surface area contributed by atoms with Crippen LogP contribution in [0.2, 0.25) is 0 Å². The minimum atomic E-state index is -0.167. The predicted molar refractivity (Wildman–Crippen MR) is 58.2 cm³/mol. The van der Waals surface area contributed by atoms with E-state index in [-0.39, 0.29) is 17.6 Å². The highest BCUT2D eigenvalue weighted by molar-refractivity contribution is 5.75. The number of carbonyl (C=O) groups is 1. The largest absolute Gasteiger partial charge is 0.468 e. The second-order valence-electron chi connectivity index (χ2n) is 4.61. The van der Waals surface area contributed by atoms with Crippen molar-refractivity contribution < 1.29 is 9.53 Å². The topological polar surface area (TPSA) is 38.3 Å². The van der Waals surface area contributed by atoms with E-state index in [0.717, 1.165) is 19.3 Å². The van der Waals surface area contributed by atoms with Crippen LogP contribution in [-0.2, 0) is 9.53 Å². The molecular formula is C11H23NO2. The average Bonchev–Trinajstić information content (AvgIpc) is 2.09. The van der Waals surface area contributed by atoms with Gasteiger partial charge in [-0.05, 0) is 27.2 Å². The molecule has 0 amide bonds. The summed E-state index contributed by atoms with van der Waals surface area (Å²) in [5.41, 5.74) is -0.0490. The molecule has 0 saturated heterocycles. The van der Waals surface area contributed by atoms with Crippen LogP contribution in [0.1, 0.15) is 47.0 Å². The Labute approximate surface area is 87.2 Å². The fourth-order valence-corrected chi connectivity index (χ4v) is 1.32. The summed E-state index contributed by atoms with van der Waals surface area (Å²) >= 11 is 0. The molecule has 0 bridgehead atoms. The molecule has 0 aromatic carbocycles. The number of nitrogens with one attached hydrogen (secondary N) is 1. The van der Waals surface area contributed by atoms with Gasteiger partial charge in [-0.15, -0.1) is 0 Å². The van der Waals surface area contributed by atoms with Crippen LogP contribution in [0.4, 0.5) is 0 Å². The Morgan fingerprint density at radius 2 is 2.00 bits per heavy atom. The fraction of sp³-hybridized carbons (Fsp3) is 0.909. The van der Waals surface area contributed by atoms with Gasteiger partial charge in [0.2, 0.25) is 0 Å². The third-order valence-electron chi connectivity index (χ3n) is 1.94. The first kappa shape index (κ1) is 13.4. The van der Waals surface area contributed by atoms with Gasteiger partial charge in [0.1, 0.15) is 6.04 Å². The first-order valence-corrected chi connectivity index (χ1v) is 5.26. The minimum absolute atomic E-state index is 0.0490. The van der Waals surface area contributed by atoms with Gasteiger partial charge in [-0.3, -0.25) is 10.1 Å².